The van der Waals surface area contributed by atoms with Gasteiger partial charge in [0.15, 0.2) is 0 Å². The minimum Gasteiger partial charge on any atom is -0.338 e. The Bertz CT molecular complexity index is 335. The van der Waals surface area contributed by atoms with Gasteiger partial charge in [-0.05, 0) is 6.07 Å². The fraction of sp³-hybridized carbons (Fsp3) is 0.455. The van der Waals surface area contributed by atoms with Gasteiger partial charge < -0.3 is 4.90 Å². The van der Waals surface area contributed by atoms with E-state index in [1.54, 1.807) is 12.4 Å². The number of terminal acetylenes is 1. The average molecular weight is 202 g/mol. The van der Waals surface area contributed by atoms with Crippen molar-refractivity contribution in [3.8, 4) is 12.3 Å². The number of anilines is 1. The Morgan fingerprint density at radius 2 is 1.87 bits per heavy atom. The lowest BCUT2D eigenvalue weighted by Crippen LogP contribution is -2.47. The Morgan fingerprint density at radius 1 is 1.20 bits per heavy atom. The maximum atomic E-state index is 5.28. The van der Waals surface area contributed by atoms with E-state index in [0.717, 1.165) is 38.7 Å². The van der Waals surface area contributed by atoms with E-state index < -0.39 is 0 Å². The molecule has 0 N–H and O–H groups in total. The third kappa shape index (κ3) is 2.45. The molecule has 0 amide bonds. The van der Waals surface area contributed by atoms with Crippen LogP contribution in [-0.4, -0.2) is 47.6 Å². The van der Waals surface area contributed by atoms with Crippen molar-refractivity contribution in [1.82, 2.24) is 14.9 Å². The van der Waals surface area contributed by atoms with E-state index in [4.69, 9.17) is 6.42 Å². The molecular weight excluding hydrogens is 188 g/mol. The van der Waals surface area contributed by atoms with Gasteiger partial charge in [-0.15, -0.1) is 6.42 Å². The topological polar surface area (TPSA) is 32.3 Å². The molecule has 2 heterocycles. The highest BCUT2D eigenvalue weighted by atomic mass is 15.3. The van der Waals surface area contributed by atoms with Gasteiger partial charge >= 0.3 is 0 Å². The molecule has 1 fully saturated rings. The first-order chi connectivity index (χ1) is 7.40. The molecule has 4 heteroatoms. The molecule has 1 saturated heterocycles. The van der Waals surface area contributed by atoms with Crippen LogP contribution in [0.2, 0.25) is 0 Å². The summed E-state index contributed by atoms with van der Waals surface area (Å²) in [7, 11) is 0. The van der Waals surface area contributed by atoms with Gasteiger partial charge in [-0.2, -0.15) is 0 Å². The van der Waals surface area contributed by atoms with E-state index in [9.17, 15) is 0 Å². The van der Waals surface area contributed by atoms with Gasteiger partial charge in [0.05, 0.1) is 6.54 Å². The molecule has 0 spiro atoms. The molecule has 1 aliphatic rings. The van der Waals surface area contributed by atoms with Crippen molar-refractivity contribution in [3.63, 3.8) is 0 Å². The molecule has 0 aromatic carbocycles. The van der Waals surface area contributed by atoms with Crippen LogP contribution in [0.15, 0.2) is 18.5 Å². The lowest BCUT2D eigenvalue weighted by Gasteiger charge is -2.33. The Hall–Kier alpha value is -1.60. The van der Waals surface area contributed by atoms with Crippen molar-refractivity contribution in [2.75, 3.05) is 37.6 Å². The second kappa shape index (κ2) is 4.76. The zero-order chi connectivity index (χ0) is 10.5. The van der Waals surface area contributed by atoms with Gasteiger partial charge in [-0.3, -0.25) is 4.90 Å². The van der Waals surface area contributed by atoms with Crippen LogP contribution in [0.25, 0.3) is 0 Å². The highest BCUT2D eigenvalue weighted by molar-refractivity contribution is 5.29. The smallest absolute Gasteiger partial charge is 0.225 e. The van der Waals surface area contributed by atoms with E-state index in [0.29, 0.717) is 0 Å². The van der Waals surface area contributed by atoms with Crippen LogP contribution >= 0.6 is 0 Å². The normalized spacial score (nSPS) is 17.4. The first-order valence-corrected chi connectivity index (χ1v) is 5.08. The van der Waals surface area contributed by atoms with E-state index in [2.05, 4.69) is 25.7 Å². The third-order valence-corrected chi connectivity index (χ3v) is 2.52. The van der Waals surface area contributed by atoms with E-state index in [1.165, 1.54) is 0 Å². The van der Waals surface area contributed by atoms with Crippen molar-refractivity contribution in [2.24, 2.45) is 0 Å². The zero-order valence-corrected chi connectivity index (χ0v) is 8.63. The molecule has 2 rings (SSSR count). The van der Waals surface area contributed by atoms with Crippen LogP contribution in [0.1, 0.15) is 0 Å². The summed E-state index contributed by atoms with van der Waals surface area (Å²) >= 11 is 0. The first-order valence-electron chi connectivity index (χ1n) is 5.08. The molecule has 0 aliphatic carbocycles. The van der Waals surface area contributed by atoms with Crippen molar-refractivity contribution >= 4 is 5.95 Å². The van der Waals surface area contributed by atoms with Crippen LogP contribution in [0, 0.1) is 12.3 Å². The van der Waals surface area contributed by atoms with Crippen LogP contribution in [0.5, 0.6) is 0 Å². The van der Waals surface area contributed by atoms with Crippen LogP contribution in [0.3, 0.4) is 0 Å². The third-order valence-electron chi connectivity index (χ3n) is 2.52. The largest absolute Gasteiger partial charge is 0.338 e. The quantitative estimate of drug-likeness (QED) is 0.643. The number of aromatic nitrogens is 2. The molecule has 0 unspecified atom stereocenters. The molecule has 0 radical (unpaired) electrons. The Labute approximate surface area is 89.9 Å². The number of hydrogen-bond donors (Lipinski definition) is 0. The molecule has 0 atom stereocenters. The van der Waals surface area contributed by atoms with E-state index in [1.807, 2.05) is 6.07 Å². The van der Waals surface area contributed by atoms with E-state index in [-0.39, 0.29) is 0 Å². The van der Waals surface area contributed by atoms with Gasteiger partial charge in [0.25, 0.3) is 0 Å². The van der Waals surface area contributed by atoms with Crippen LogP contribution in [0.4, 0.5) is 5.95 Å². The van der Waals surface area contributed by atoms with Crippen molar-refractivity contribution in [1.29, 1.82) is 0 Å². The van der Waals surface area contributed by atoms with Crippen molar-refractivity contribution in [2.45, 2.75) is 0 Å². The summed E-state index contributed by atoms with van der Waals surface area (Å²) in [4.78, 5) is 12.9. The lowest BCUT2D eigenvalue weighted by atomic mass is 10.3. The number of rotatable bonds is 2. The summed E-state index contributed by atoms with van der Waals surface area (Å²) in [5.41, 5.74) is 0. The van der Waals surface area contributed by atoms with Gasteiger partial charge in [0.1, 0.15) is 0 Å². The molecule has 1 aromatic rings. The summed E-state index contributed by atoms with van der Waals surface area (Å²) in [6.45, 7) is 4.62. The SMILES string of the molecule is C#CCN1CCN(c2ncccn2)CC1. The standard InChI is InChI=1S/C11H14N4/c1-2-6-14-7-9-15(10-8-14)11-12-4-3-5-13-11/h1,3-5H,6-10H2. The van der Waals surface area contributed by atoms with Crippen molar-refractivity contribution < 1.29 is 0 Å². The van der Waals surface area contributed by atoms with Gasteiger partial charge in [0.2, 0.25) is 5.95 Å². The maximum absolute atomic E-state index is 5.28. The molecule has 78 valence electrons. The fourth-order valence-corrected chi connectivity index (χ4v) is 1.69. The van der Waals surface area contributed by atoms with Gasteiger partial charge in [-0.25, -0.2) is 9.97 Å². The Kier molecular flexibility index (Phi) is 3.15. The second-order valence-corrected chi connectivity index (χ2v) is 3.52. The molecule has 0 bridgehead atoms. The molecule has 0 saturated carbocycles. The minimum atomic E-state index is 0.740. The summed E-state index contributed by atoms with van der Waals surface area (Å²) < 4.78 is 0. The average Bonchev–Trinajstić information content (AvgIpc) is 2.32. The highest BCUT2D eigenvalue weighted by Crippen LogP contribution is 2.08. The second-order valence-electron chi connectivity index (χ2n) is 3.52. The van der Waals surface area contributed by atoms with Gasteiger partial charge in [-0.1, -0.05) is 5.92 Å². The Balaban J connectivity index is 1.92. The molecule has 1 aliphatic heterocycles. The highest BCUT2D eigenvalue weighted by Gasteiger charge is 2.17. The minimum absolute atomic E-state index is 0.740. The van der Waals surface area contributed by atoms with E-state index >= 15 is 0 Å². The summed E-state index contributed by atoms with van der Waals surface area (Å²) in [5.74, 6) is 3.49. The molecule has 1 aromatic heterocycles. The monoisotopic (exact) mass is 202 g/mol. The first kappa shape index (κ1) is 9.94. The summed E-state index contributed by atoms with van der Waals surface area (Å²) in [6.07, 6.45) is 8.82. The summed E-state index contributed by atoms with van der Waals surface area (Å²) in [5, 5.41) is 0. The van der Waals surface area contributed by atoms with Crippen LogP contribution in [-0.2, 0) is 0 Å². The number of piperazine rings is 1. The fourth-order valence-electron chi connectivity index (χ4n) is 1.69. The van der Waals surface area contributed by atoms with Crippen molar-refractivity contribution in [3.05, 3.63) is 18.5 Å². The predicted octanol–water partition coefficient (Wildman–Crippen LogP) is 0.232. The van der Waals surface area contributed by atoms with Crippen LogP contribution < -0.4 is 4.90 Å². The number of nitrogens with zero attached hydrogens (tertiary/aromatic N) is 4. The Morgan fingerprint density at radius 3 is 2.47 bits per heavy atom. The van der Waals surface area contributed by atoms with Gasteiger partial charge in [0, 0.05) is 38.6 Å². The predicted molar refractivity (Wildman–Crippen MR) is 59.5 cm³/mol. The maximum Gasteiger partial charge on any atom is 0.225 e. The lowest BCUT2D eigenvalue weighted by molar-refractivity contribution is 0.286. The summed E-state index contributed by atoms with van der Waals surface area (Å²) in [6, 6.07) is 1.83. The molecular formula is C11H14N4. The number of hydrogen-bond acceptors (Lipinski definition) is 4. The molecule has 15 heavy (non-hydrogen) atoms. The zero-order valence-electron chi connectivity index (χ0n) is 8.63. The molecule has 4 nitrogen and oxygen atoms in total.